The highest BCUT2D eigenvalue weighted by Gasteiger charge is 2.42. The lowest BCUT2D eigenvalue weighted by Gasteiger charge is -2.45. The van der Waals surface area contributed by atoms with Crippen LogP contribution in [0, 0.1) is 5.92 Å². The Labute approximate surface area is 131 Å². The van der Waals surface area contributed by atoms with Gasteiger partial charge in [-0.25, -0.2) is 0 Å². The van der Waals surface area contributed by atoms with Crippen LogP contribution in [-0.4, -0.2) is 32.0 Å². The van der Waals surface area contributed by atoms with Crippen molar-refractivity contribution in [3.05, 3.63) is 23.1 Å². The van der Waals surface area contributed by atoms with Gasteiger partial charge in [0, 0.05) is 31.4 Å². The Kier molecular flexibility index (Phi) is 4.89. The number of halogens is 1. The van der Waals surface area contributed by atoms with Crippen molar-refractivity contribution < 1.29 is 13.9 Å². The molecule has 4 nitrogen and oxygen atoms in total. The summed E-state index contributed by atoms with van der Waals surface area (Å²) in [6.45, 7) is 5.49. The van der Waals surface area contributed by atoms with Crippen LogP contribution in [0.1, 0.15) is 44.2 Å². The van der Waals surface area contributed by atoms with Crippen molar-refractivity contribution >= 4 is 11.6 Å². The standard InChI is InChI=1S/C16H24ClNO3/c1-2-18-14(13-4-7-20-15(13)17)12-3-8-21-16(11-12)5-9-19-10-6-16/h4,7,12,14,18H,2-3,5-6,8-11H2,1H3. The fourth-order valence-corrected chi connectivity index (χ4v) is 3.95. The SMILES string of the molecule is CCNC(c1ccoc1Cl)C1CCOC2(CCOCC2)C1. The van der Waals surface area contributed by atoms with E-state index in [9.17, 15) is 0 Å². The third kappa shape index (κ3) is 3.29. The van der Waals surface area contributed by atoms with Gasteiger partial charge in [0.2, 0.25) is 0 Å². The van der Waals surface area contributed by atoms with Gasteiger partial charge in [0.1, 0.15) is 0 Å². The summed E-state index contributed by atoms with van der Waals surface area (Å²) in [6, 6.07) is 2.23. The van der Waals surface area contributed by atoms with E-state index in [0.29, 0.717) is 11.1 Å². The van der Waals surface area contributed by atoms with Gasteiger partial charge in [-0.3, -0.25) is 0 Å². The van der Waals surface area contributed by atoms with E-state index in [2.05, 4.69) is 12.2 Å². The van der Waals surface area contributed by atoms with Crippen molar-refractivity contribution in [2.75, 3.05) is 26.4 Å². The molecule has 2 saturated heterocycles. The third-order valence-electron chi connectivity index (χ3n) is 4.81. The Morgan fingerprint density at radius 3 is 2.86 bits per heavy atom. The van der Waals surface area contributed by atoms with Crippen molar-refractivity contribution in [3.8, 4) is 0 Å². The summed E-state index contributed by atoms with van der Waals surface area (Å²) in [5.41, 5.74) is 1.08. The van der Waals surface area contributed by atoms with E-state index >= 15 is 0 Å². The Morgan fingerprint density at radius 2 is 2.19 bits per heavy atom. The maximum atomic E-state index is 6.21. The van der Waals surface area contributed by atoms with Crippen LogP contribution in [-0.2, 0) is 9.47 Å². The molecule has 0 bridgehead atoms. The fraction of sp³-hybridized carbons (Fsp3) is 0.750. The Hall–Kier alpha value is -0.550. The second-order valence-corrected chi connectivity index (χ2v) is 6.43. The molecule has 1 N–H and O–H groups in total. The van der Waals surface area contributed by atoms with Crippen LogP contribution in [0.5, 0.6) is 0 Å². The fourth-order valence-electron chi connectivity index (χ4n) is 3.72. The Balaban J connectivity index is 1.77. The second kappa shape index (κ2) is 6.69. The predicted molar refractivity (Wildman–Crippen MR) is 81.6 cm³/mol. The van der Waals surface area contributed by atoms with Crippen molar-refractivity contribution in [1.82, 2.24) is 5.32 Å². The molecular formula is C16H24ClNO3. The molecular weight excluding hydrogens is 290 g/mol. The summed E-state index contributed by atoms with van der Waals surface area (Å²) in [5.74, 6) is 0.520. The molecule has 3 rings (SSSR count). The van der Waals surface area contributed by atoms with E-state index in [4.69, 9.17) is 25.5 Å². The van der Waals surface area contributed by atoms with Crippen molar-refractivity contribution in [2.45, 2.75) is 44.2 Å². The zero-order valence-electron chi connectivity index (χ0n) is 12.6. The van der Waals surface area contributed by atoms with Crippen molar-refractivity contribution in [3.63, 3.8) is 0 Å². The summed E-state index contributed by atoms with van der Waals surface area (Å²) in [5, 5.41) is 4.09. The van der Waals surface area contributed by atoms with Crippen LogP contribution in [0.2, 0.25) is 5.22 Å². The summed E-state index contributed by atoms with van der Waals surface area (Å²) >= 11 is 6.21. The van der Waals surface area contributed by atoms with E-state index in [1.807, 2.05) is 6.07 Å². The van der Waals surface area contributed by atoms with Gasteiger partial charge in [-0.15, -0.1) is 0 Å². The number of ether oxygens (including phenoxy) is 2. The van der Waals surface area contributed by atoms with E-state index in [-0.39, 0.29) is 11.6 Å². The quantitative estimate of drug-likeness (QED) is 0.923. The molecule has 118 valence electrons. The maximum absolute atomic E-state index is 6.21. The van der Waals surface area contributed by atoms with Gasteiger partial charge in [-0.2, -0.15) is 0 Å². The monoisotopic (exact) mass is 313 g/mol. The number of rotatable bonds is 4. The highest BCUT2D eigenvalue weighted by molar-refractivity contribution is 6.29. The molecule has 5 heteroatoms. The summed E-state index contributed by atoms with van der Waals surface area (Å²) in [6.07, 6.45) is 5.80. The van der Waals surface area contributed by atoms with Crippen LogP contribution >= 0.6 is 11.6 Å². The number of nitrogens with one attached hydrogen (secondary N) is 1. The molecule has 2 atom stereocenters. The van der Waals surface area contributed by atoms with E-state index < -0.39 is 0 Å². The van der Waals surface area contributed by atoms with Crippen LogP contribution < -0.4 is 5.32 Å². The molecule has 1 aromatic heterocycles. The minimum atomic E-state index is 0.00501. The van der Waals surface area contributed by atoms with Gasteiger partial charge in [0.25, 0.3) is 0 Å². The van der Waals surface area contributed by atoms with Crippen LogP contribution in [0.25, 0.3) is 0 Å². The highest BCUT2D eigenvalue weighted by Crippen LogP contribution is 2.43. The molecule has 2 unspecified atom stereocenters. The molecule has 2 aliphatic rings. The number of hydrogen-bond donors (Lipinski definition) is 1. The average Bonchev–Trinajstić information content (AvgIpc) is 2.91. The molecule has 21 heavy (non-hydrogen) atoms. The minimum absolute atomic E-state index is 0.00501. The molecule has 0 amide bonds. The van der Waals surface area contributed by atoms with Crippen LogP contribution in [0.15, 0.2) is 16.7 Å². The molecule has 0 saturated carbocycles. The summed E-state index contributed by atoms with van der Waals surface area (Å²) in [4.78, 5) is 0. The molecule has 0 aliphatic carbocycles. The zero-order chi connectivity index (χ0) is 14.7. The smallest absolute Gasteiger partial charge is 0.197 e. The highest BCUT2D eigenvalue weighted by atomic mass is 35.5. The van der Waals surface area contributed by atoms with Gasteiger partial charge in [-0.1, -0.05) is 6.92 Å². The first-order valence-electron chi connectivity index (χ1n) is 7.92. The molecule has 2 fully saturated rings. The van der Waals surface area contributed by atoms with Gasteiger partial charge >= 0.3 is 0 Å². The molecule has 1 spiro atoms. The number of hydrogen-bond acceptors (Lipinski definition) is 4. The van der Waals surface area contributed by atoms with Gasteiger partial charge in [0.15, 0.2) is 5.22 Å². The predicted octanol–water partition coefficient (Wildman–Crippen LogP) is 3.56. The Morgan fingerprint density at radius 1 is 1.38 bits per heavy atom. The molecule has 3 heterocycles. The van der Waals surface area contributed by atoms with E-state index in [1.54, 1.807) is 6.26 Å². The van der Waals surface area contributed by atoms with Crippen LogP contribution in [0.4, 0.5) is 0 Å². The third-order valence-corrected chi connectivity index (χ3v) is 5.12. The van der Waals surface area contributed by atoms with Gasteiger partial charge in [0.05, 0.1) is 11.9 Å². The number of furan rings is 1. The molecule has 1 aromatic rings. The van der Waals surface area contributed by atoms with Crippen molar-refractivity contribution in [2.24, 2.45) is 5.92 Å². The van der Waals surface area contributed by atoms with Gasteiger partial charge < -0.3 is 19.2 Å². The minimum Gasteiger partial charge on any atom is -0.453 e. The second-order valence-electron chi connectivity index (χ2n) is 6.08. The van der Waals surface area contributed by atoms with E-state index in [0.717, 1.165) is 57.6 Å². The van der Waals surface area contributed by atoms with Gasteiger partial charge in [-0.05, 0) is 55.8 Å². The summed E-state index contributed by atoms with van der Waals surface area (Å²) in [7, 11) is 0. The molecule has 0 aromatic carbocycles. The lowest BCUT2D eigenvalue weighted by molar-refractivity contribution is -0.150. The van der Waals surface area contributed by atoms with E-state index in [1.165, 1.54) is 0 Å². The topological polar surface area (TPSA) is 43.6 Å². The zero-order valence-corrected chi connectivity index (χ0v) is 13.3. The first-order valence-corrected chi connectivity index (χ1v) is 8.30. The largest absolute Gasteiger partial charge is 0.453 e. The lowest BCUT2D eigenvalue weighted by atomic mass is 9.76. The molecule has 2 aliphatic heterocycles. The summed E-state index contributed by atoms with van der Waals surface area (Å²) < 4.78 is 16.9. The Bertz CT molecular complexity index is 451. The first kappa shape index (κ1) is 15.3. The van der Waals surface area contributed by atoms with Crippen molar-refractivity contribution in [1.29, 1.82) is 0 Å². The normalized spacial score (nSPS) is 26.9. The average molecular weight is 314 g/mol. The maximum Gasteiger partial charge on any atom is 0.197 e. The van der Waals surface area contributed by atoms with Crippen LogP contribution in [0.3, 0.4) is 0 Å². The first-order chi connectivity index (χ1) is 10.2. The molecule has 0 radical (unpaired) electrons. The lowest BCUT2D eigenvalue weighted by Crippen LogP contribution is -2.47.